The number of rotatable bonds is 9. The summed E-state index contributed by atoms with van der Waals surface area (Å²) in [6.07, 6.45) is 0. The average Bonchev–Trinajstić information content (AvgIpc) is 3.96. The summed E-state index contributed by atoms with van der Waals surface area (Å²) in [7, 11) is 0. The molecule has 4 nitrogen and oxygen atoms in total. The van der Waals surface area contributed by atoms with Crippen LogP contribution in [0.5, 0.6) is 0 Å². The molecule has 0 aliphatic heterocycles. The molecule has 14 aromatic rings. The van der Waals surface area contributed by atoms with Gasteiger partial charge in [0.05, 0.1) is 33.5 Å². The van der Waals surface area contributed by atoms with Crippen LogP contribution in [-0.2, 0) is 0 Å². The zero-order chi connectivity index (χ0) is 55.9. The third-order valence-electron chi connectivity index (χ3n) is 17.2. The Labute approximate surface area is 480 Å². The van der Waals surface area contributed by atoms with Crippen molar-refractivity contribution in [3.63, 3.8) is 0 Å². The number of hydrogen-bond donors (Lipinski definition) is 0. The maximum atomic E-state index is 5.51. The highest BCUT2D eigenvalue weighted by Crippen LogP contribution is 2.44. The van der Waals surface area contributed by atoms with Crippen molar-refractivity contribution in [3.05, 3.63) is 275 Å². The fourth-order valence-electron chi connectivity index (χ4n) is 13.4. The molecule has 0 bridgehead atoms. The Balaban J connectivity index is 1.09. The monoisotopic (exact) mass is 1050 g/mol. The van der Waals surface area contributed by atoms with Crippen LogP contribution < -0.4 is 0 Å². The van der Waals surface area contributed by atoms with Gasteiger partial charge in [-0.2, -0.15) is 0 Å². The van der Waals surface area contributed by atoms with E-state index >= 15 is 0 Å². The van der Waals surface area contributed by atoms with E-state index in [9.17, 15) is 0 Å². The van der Waals surface area contributed by atoms with Gasteiger partial charge in [-0.05, 0) is 217 Å². The van der Waals surface area contributed by atoms with Crippen molar-refractivity contribution in [2.45, 2.75) is 55.4 Å². The first-order valence-electron chi connectivity index (χ1n) is 28.5. The van der Waals surface area contributed by atoms with Crippen LogP contribution in [0.2, 0.25) is 0 Å². The molecule has 0 saturated carbocycles. The summed E-state index contributed by atoms with van der Waals surface area (Å²) in [6, 6.07) is 85.0. The van der Waals surface area contributed by atoms with Gasteiger partial charge in [0.2, 0.25) is 0 Å². The van der Waals surface area contributed by atoms with E-state index in [1.165, 1.54) is 111 Å². The predicted octanol–water partition coefficient (Wildman–Crippen LogP) is 20.8. The highest BCUT2D eigenvalue weighted by Gasteiger charge is 2.23. The molecule has 3 heterocycles. The number of hydrogen-bond acceptors (Lipinski definition) is 2. The van der Waals surface area contributed by atoms with Crippen molar-refractivity contribution < 1.29 is 0 Å². The topological polar surface area (TPSA) is 35.6 Å². The standard InChI is InChI=1S/C78H62N4/c1-47-19-15-20-48(2)74(47)57-31-35-70-64(41-57)65-42-58(75-49(3)21-16-22-50(75)4)32-36-71(65)81(70)62-39-61(69-46-68(55-27-11-9-12-28-55)79-78(80-69)56-29-13-10-14-30-56)40-63(45-62)82-72-37-33-59(76-51(5)23-17-24-52(76)6)43-66(72)67-44-60(34-38-73(67)82)77-53(7)25-18-26-54(77)8/h9-46H,1-8H3. The molecule has 4 heteroatoms. The van der Waals surface area contributed by atoms with Crippen molar-refractivity contribution in [2.75, 3.05) is 0 Å². The number of aryl methyl sites for hydroxylation is 8. The van der Waals surface area contributed by atoms with Crippen LogP contribution in [0.4, 0.5) is 0 Å². The van der Waals surface area contributed by atoms with Crippen LogP contribution in [0.15, 0.2) is 231 Å². The van der Waals surface area contributed by atoms with E-state index in [-0.39, 0.29) is 0 Å². The largest absolute Gasteiger partial charge is 0.309 e. The summed E-state index contributed by atoms with van der Waals surface area (Å²) in [5, 5.41) is 4.80. The van der Waals surface area contributed by atoms with Gasteiger partial charge in [0.1, 0.15) is 0 Å². The zero-order valence-corrected chi connectivity index (χ0v) is 47.7. The Kier molecular flexibility index (Phi) is 12.3. The minimum atomic E-state index is 0.675. The van der Waals surface area contributed by atoms with E-state index in [2.05, 4.69) is 289 Å². The van der Waals surface area contributed by atoms with Crippen LogP contribution in [0.1, 0.15) is 44.5 Å². The first-order chi connectivity index (χ1) is 39.9. The molecule has 0 amide bonds. The zero-order valence-electron chi connectivity index (χ0n) is 47.7. The van der Waals surface area contributed by atoms with Crippen molar-refractivity contribution >= 4 is 43.6 Å². The Morgan fingerprint density at radius 1 is 0.232 bits per heavy atom. The average molecular weight is 1060 g/mol. The minimum absolute atomic E-state index is 0.675. The highest BCUT2D eigenvalue weighted by atomic mass is 15.0. The second-order valence-corrected chi connectivity index (χ2v) is 22.6. The van der Waals surface area contributed by atoms with Gasteiger partial charge in [-0.25, -0.2) is 9.97 Å². The fraction of sp³-hybridized carbons (Fsp3) is 0.103. The van der Waals surface area contributed by atoms with Crippen LogP contribution in [0.3, 0.4) is 0 Å². The molecule has 82 heavy (non-hydrogen) atoms. The minimum Gasteiger partial charge on any atom is -0.309 e. The van der Waals surface area contributed by atoms with Crippen LogP contribution in [0, 0.1) is 55.4 Å². The van der Waals surface area contributed by atoms with E-state index < -0.39 is 0 Å². The van der Waals surface area contributed by atoms with Crippen molar-refractivity contribution in [1.82, 2.24) is 19.1 Å². The lowest BCUT2D eigenvalue weighted by molar-refractivity contribution is 1.13. The molecule has 0 unspecified atom stereocenters. The van der Waals surface area contributed by atoms with Crippen molar-refractivity contribution in [3.8, 4) is 89.8 Å². The van der Waals surface area contributed by atoms with E-state index in [1.54, 1.807) is 0 Å². The molecule has 0 N–H and O–H groups in total. The molecule has 14 rings (SSSR count). The number of fused-ring (bicyclic) bond motifs is 6. The Hall–Kier alpha value is -9.90. The SMILES string of the molecule is Cc1cccc(C)c1-c1ccc2c(c1)c1cc(-c3c(C)cccc3C)ccc1n2-c1cc(-c2cc(-c3ccccc3)nc(-c3ccccc3)n2)cc(-n2c3ccc(-c4c(C)cccc4C)cc3c3cc(-c4c(C)cccc4C)ccc32)c1. The second-order valence-electron chi connectivity index (χ2n) is 22.6. The maximum Gasteiger partial charge on any atom is 0.160 e. The molecule has 0 radical (unpaired) electrons. The third-order valence-corrected chi connectivity index (χ3v) is 17.2. The van der Waals surface area contributed by atoms with E-state index in [0.717, 1.165) is 61.5 Å². The van der Waals surface area contributed by atoms with Gasteiger partial charge in [0.25, 0.3) is 0 Å². The summed E-state index contributed by atoms with van der Waals surface area (Å²) < 4.78 is 4.98. The van der Waals surface area contributed by atoms with E-state index in [0.29, 0.717) is 5.82 Å². The summed E-state index contributed by atoms with van der Waals surface area (Å²) in [5.74, 6) is 0.675. The summed E-state index contributed by atoms with van der Waals surface area (Å²) >= 11 is 0. The lowest BCUT2D eigenvalue weighted by Crippen LogP contribution is -2.02. The lowest BCUT2D eigenvalue weighted by atomic mass is 9.93. The highest BCUT2D eigenvalue weighted by molar-refractivity contribution is 6.14. The van der Waals surface area contributed by atoms with E-state index in [1.807, 2.05) is 6.07 Å². The molecule has 0 spiro atoms. The van der Waals surface area contributed by atoms with Crippen LogP contribution >= 0.6 is 0 Å². The van der Waals surface area contributed by atoms with Crippen molar-refractivity contribution in [2.24, 2.45) is 0 Å². The smallest absolute Gasteiger partial charge is 0.160 e. The van der Waals surface area contributed by atoms with Crippen LogP contribution in [0.25, 0.3) is 133 Å². The van der Waals surface area contributed by atoms with Gasteiger partial charge >= 0.3 is 0 Å². The second kappa shape index (κ2) is 20.0. The normalized spacial score (nSPS) is 11.7. The Morgan fingerprint density at radius 3 is 0.841 bits per heavy atom. The number of aromatic nitrogens is 4. The summed E-state index contributed by atoms with van der Waals surface area (Å²) in [4.78, 5) is 10.8. The van der Waals surface area contributed by atoms with Gasteiger partial charge < -0.3 is 9.13 Å². The molecule has 3 aromatic heterocycles. The molecule has 0 aliphatic carbocycles. The molecule has 0 fully saturated rings. The third kappa shape index (κ3) is 8.53. The van der Waals surface area contributed by atoms with Crippen molar-refractivity contribution in [1.29, 1.82) is 0 Å². The molecule has 11 aromatic carbocycles. The Bertz CT molecular complexity index is 4280. The van der Waals surface area contributed by atoms with Gasteiger partial charge in [-0.3, -0.25) is 0 Å². The van der Waals surface area contributed by atoms with E-state index in [4.69, 9.17) is 9.97 Å². The Morgan fingerprint density at radius 2 is 0.524 bits per heavy atom. The summed E-state index contributed by atoms with van der Waals surface area (Å²) in [5.41, 5.74) is 31.3. The quantitative estimate of drug-likeness (QED) is 0.144. The molecule has 394 valence electrons. The predicted molar refractivity (Wildman–Crippen MR) is 347 cm³/mol. The van der Waals surface area contributed by atoms with Crippen LogP contribution in [-0.4, -0.2) is 19.1 Å². The first-order valence-corrected chi connectivity index (χ1v) is 28.5. The number of nitrogens with zero attached hydrogens (tertiary/aromatic N) is 4. The van der Waals surface area contributed by atoms with Gasteiger partial charge in [-0.15, -0.1) is 0 Å². The molecule has 0 aliphatic rings. The first kappa shape index (κ1) is 50.3. The van der Waals surface area contributed by atoms with Gasteiger partial charge in [0, 0.05) is 49.6 Å². The molecular weight excluding hydrogens is 993 g/mol. The summed E-state index contributed by atoms with van der Waals surface area (Å²) in [6.45, 7) is 17.8. The molecular formula is C78H62N4. The lowest BCUT2D eigenvalue weighted by Gasteiger charge is -2.17. The number of benzene rings is 11. The van der Waals surface area contributed by atoms with Gasteiger partial charge in [-0.1, -0.05) is 158 Å². The maximum absolute atomic E-state index is 5.51. The van der Waals surface area contributed by atoms with Gasteiger partial charge in [0.15, 0.2) is 5.82 Å². The molecule has 0 atom stereocenters. The fourth-order valence-corrected chi connectivity index (χ4v) is 13.4. The molecule has 0 saturated heterocycles.